The number of epoxide rings is 2. The van der Waals surface area contributed by atoms with E-state index in [-0.39, 0.29) is 17.6 Å². The Kier molecular flexibility index (Phi) is 5.69. The van der Waals surface area contributed by atoms with Crippen molar-refractivity contribution in [3.8, 4) is 11.5 Å². The zero-order valence-electron chi connectivity index (χ0n) is 16.6. The Hall–Kier alpha value is -2.30. The molecule has 1 aliphatic carbocycles. The summed E-state index contributed by atoms with van der Waals surface area (Å²) >= 11 is 0. The summed E-state index contributed by atoms with van der Waals surface area (Å²) in [6.45, 7) is 7.21. The number of hydrogen-bond acceptors (Lipinski definition) is 4. The van der Waals surface area contributed by atoms with Crippen molar-refractivity contribution in [2.24, 2.45) is 0 Å². The fraction of sp³-hybridized carbons (Fsp3) is 0.417. The van der Waals surface area contributed by atoms with E-state index in [1.165, 1.54) is 6.42 Å². The molecule has 0 saturated carbocycles. The van der Waals surface area contributed by atoms with Crippen molar-refractivity contribution >= 4 is 0 Å². The standard InChI is InChI=1S/C21H24O4.C3H4/c1-21(2,17-7-3-5-9-19(17)24-13-15-11-22-15)18-8-4-6-10-20(18)25-14-16-12-23-16;1-2-3-1/h3-10,15-16H,11-14H2,1-2H3;1-2H,3H2. The molecular weight excluding hydrogens is 352 g/mol. The molecule has 2 heterocycles. The second-order valence-electron chi connectivity index (χ2n) is 7.86. The summed E-state index contributed by atoms with van der Waals surface area (Å²) in [7, 11) is 0. The molecule has 148 valence electrons. The molecule has 4 heteroatoms. The largest absolute Gasteiger partial charge is 0.490 e. The lowest BCUT2D eigenvalue weighted by molar-refractivity contribution is 0.254. The third-order valence-electron chi connectivity index (χ3n) is 5.01. The molecule has 28 heavy (non-hydrogen) atoms. The van der Waals surface area contributed by atoms with Crippen molar-refractivity contribution in [3.63, 3.8) is 0 Å². The maximum absolute atomic E-state index is 6.03. The number of hydrogen-bond donors (Lipinski definition) is 0. The Bertz CT molecular complexity index is 753. The van der Waals surface area contributed by atoms with E-state index in [4.69, 9.17) is 18.9 Å². The van der Waals surface area contributed by atoms with E-state index >= 15 is 0 Å². The molecule has 0 aromatic heterocycles. The Labute approximate surface area is 167 Å². The molecule has 4 nitrogen and oxygen atoms in total. The van der Waals surface area contributed by atoms with Crippen molar-refractivity contribution in [2.45, 2.75) is 37.9 Å². The van der Waals surface area contributed by atoms with Crippen molar-refractivity contribution in [1.82, 2.24) is 0 Å². The highest BCUT2D eigenvalue weighted by Crippen LogP contribution is 2.41. The zero-order chi connectivity index (χ0) is 19.4. The van der Waals surface area contributed by atoms with Gasteiger partial charge in [-0.05, 0) is 18.6 Å². The SMILES string of the molecule is C1=CC1.CC(C)(c1ccccc1OCC1CO1)c1ccccc1OCC1CO1. The molecule has 0 N–H and O–H groups in total. The van der Waals surface area contributed by atoms with E-state index in [1.807, 2.05) is 24.3 Å². The number of para-hydroxylation sites is 2. The molecule has 0 spiro atoms. The van der Waals surface area contributed by atoms with Gasteiger partial charge in [-0.3, -0.25) is 0 Å². The third-order valence-corrected chi connectivity index (χ3v) is 5.01. The smallest absolute Gasteiger partial charge is 0.123 e. The molecule has 0 amide bonds. The number of benzene rings is 2. The number of rotatable bonds is 8. The minimum atomic E-state index is -0.248. The highest BCUT2D eigenvalue weighted by Gasteiger charge is 2.31. The second kappa shape index (κ2) is 8.38. The van der Waals surface area contributed by atoms with Crippen LogP contribution in [0, 0.1) is 0 Å². The molecule has 2 fully saturated rings. The molecular formula is C24H28O4. The molecule has 2 unspecified atom stereocenters. The van der Waals surface area contributed by atoms with Crippen LogP contribution in [0.2, 0.25) is 0 Å². The van der Waals surface area contributed by atoms with Crippen molar-refractivity contribution < 1.29 is 18.9 Å². The van der Waals surface area contributed by atoms with Crippen LogP contribution in [0.1, 0.15) is 31.4 Å². The minimum Gasteiger partial charge on any atom is -0.490 e. The normalized spacial score (nSPS) is 21.4. The summed E-state index contributed by atoms with van der Waals surface area (Å²) in [4.78, 5) is 0. The van der Waals surface area contributed by atoms with Gasteiger partial charge in [-0.1, -0.05) is 62.4 Å². The summed E-state index contributed by atoms with van der Waals surface area (Å²) in [5.41, 5.74) is 2.05. The van der Waals surface area contributed by atoms with Crippen LogP contribution in [0.4, 0.5) is 0 Å². The van der Waals surface area contributed by atoms with Crippen molar-refractivity contribution in [1.29, 1.82) is 0 Å². The highest BCUT2D eigenvalue weighted by atomic mass is 16.6. The fourth-order valence-electron chi connectivity index (χ4n) is 3.06. The molecule has 0 radical (unpaired) electrons. The first kappa shape index (κ1) is 19.0. The highest BCUT2D eigenvalue weighted by molar-refractivity contribution is 5.50. The Morgan fingerprint density at radius 2 is 1.18 bits per heavy atom. The molecule has 2 aromatic rings. The molecule has 2 aliphatic heterocycles. The lowest BCUT2D eigenvalue weighted by Crippen LogP contribution is -2.22. The minimum absolute atomic E-state index is 0.241. The average Bonchev–Trinajstić information content (AvgIpc) is 3.59. The van der Waals surface area contributed by atoms with Gasteiger partial charge in [-0.15, -0.1) is 0 Å². The van der Waals surface area contributed by atoms with E-state index in [0.29, 0.717) is 13.2 Å². The number of ether oxygens (including phenoxy) is 4. The van der Waals surface area contributed by atoms with Gasteiger partial charge in [0.15, 0.2) is 0 Å². The average molecular weight is 380 g/mol. The zero-order valence-corrected chi connectivity index (χ0v) is 16.6. The third kappa shape index (κ3) is 5.15. The second-order valence-corrected chi connectivity index (χ2v) is 7.86. The monoisotopic (exact) mass is 380 g/mol. The Morgan fingerprint density at radius 3 is 1.54 bits per heavy atom. The van der Waals surface area contributed by atoms with E-state index in [9.17, 15) is 0 Å². The summed E-state index contributed by atoms with van der Waals surface area (Å²) in [5, 5.41) is 0. The first-order chi connectivity index (χ1) is 13.6. The van der Waals surface area contributed by atoms with Crippen LogP contribution in [0.5, 0.6) is 11.5 Å². The van der Waals surface area contributed by atoms with E-state index in [0.717, 1.165) is 35.8 Å². The lowest BCUT2D eigenvalue weighted by atomic mass is 9.77. The van der Waals surface area contributed by atoms with Crippen LogP contribution in [0.25, 0.3) is 0 Å². The first-order valence-electron chi connectivity index (χ1n) is 9.97. The first-order valence-corrected chi connectivity index (χ1v) is 9.97. The predicted molar refractivity (Wildman–Crippen MR) is 109 cm³/mol. The topological polar surface area (TPSA) is 43.5 Å². The summed E-state index contributed by atoms with van der Waals surface area (Å²) in [6, 6.07) is 16.4. The van der Waals surface area contributed by atoms with Crippen LogP contribution >= 0.6 is 0 Å². The van der Waals surface area contributed by atoms with E-state index in [2.05, 4.69) is 50.3 Å². The summed E-state index contributed by atoms with van der Waals surface area (Å²) in [5.74, 6) is 1.81. The summed E-state index contributed by atoms with van der Waals surface area (Å²) in [6.07, 6.45) is 5.98. The van der Waals surface area contributed by atoms with Crippen LogP contribution in [0.3, 0.4) is 0 Å². The van der Waals surface area contributed by atoms with Crippen LogP contribution in [0.15, 0.2) is 60.7 Å². The number of allylic oxidation sites excluding steroid dienone is 2. The molecule has 2 aromatic carbocycles. The van der Waals surface area contributed by atoms with Crippen LogP contribution in [-0.4, -0.2) is 38.6 Å². The fourth-order valence-corrected chi connectivity index (χ4v) is 3.06. The molecule has 3 aliphatic rings. The Balaban J connectivity index is 0.000000586. The van der Waals surface area contributed by atoms with Gasteiger partial charge < -0.3 is 18.9 Å². The molecule has 0 bridgehead atoms. The molecule has 5 rings (SSSR count). The lowest BCUT2D eigenvalue weighted by Gasteiger charge is -2.30. The van der Waals surface area contributed by atoms with Gasteiger partial charge in [0.05, 0.1) is 13.2 Å². The predicted octanol–water partition coefficient (Wildman–Crippen LogP) is 4.51. The van der Waals surface area contributed by atoms with Gasteiger partial charge in [-0.25, -0.2) is 0 Å². The van der Waals surface area contributed by atoms with Crippen LogP contribution < -0.4 is 9.47 Å². The van der Waals surface area contributed by atoms with Gasteiger partial charge >= 0.3 is 0 Å². The van der Waals surface area contributed by atoms with Gasteiger partial charge in [0.2, 0.25) is 0 Å². The van der Waals surface area contributed by atoms with Crippen LogP contribution in [-0.2, 0) is 14.9 Å². The Morgan fingerprint density at radius 1 is 0.786 bits per heavy atom. The van der Waals surface area contributed by atoms with Gasteiger partial charge in [0.25, 0.3) is 0 Å². The maximum Gasteiger partial charge on any atom is 0.123 e. The maximum atomic E-state index is 6.03. The van der Waals surface area contributed by atoms with Gasteiger partial charge in [0, 0.05) is 16.5 Å². The molecule has 2 saturated heterocycles. The van der Waals surface area contributed by atoms with E-state index < -0.39 is 0 Å². The van der Waals surface area contributed by atoms with Crippen molar-refractivity contribution in [2.75, 3.05) is 26.4 Å². The quantitative estimate of drug-likeness (QED) is 0.499. The van der Waals surface area contributed by atoms with E-state index in [1.54, 1.807) is 0 Å². The van der Waals surface area contributed by atoms with Crippen molar-refractivity contribution in [3.05, 3.63) is 71.8 Å². The van der Waals surface area contributed by atoms with Gasteiger partial charge in [0.1, 0.15) is 36.9 Å². The summed E-state index contributed by atoms with van der Waals surface area (Å²) < 4.78 is 22.6. The van der Waals surface area contributed by atoms with Gasteiger partial charge in [-0.2, -0.15) is 0 Å². The molecule has 2 atom stereocenters.